The lowest BCUT2D eigenvalue weighted by molar-refractivity contribution is 0.0204. The first-order chi connectivity index (χ1) is 12.3. The van der Waals surface area contributed by atoms with Gasteiger partial charge in [-0.05, 0) is 63.7 Å². The van der Waals surface area contributed by atoms with Gasteiger partial charge in [-0.1, -0.05) is 6.07 Å². The molecule has 25 heavy (non-hydrogen) atoms. The van der Waals surface area contributed by atoms with E-state index in [1.807, 2.05) is 0 Å². The van der Waals surface area contributed by atoms with E-state index in [0.29, 0.717) is 18.1 Å². The molecule has 0 unspecified atom stereocenters. The zero-order valence-corrected chi connectivity index (χ0v) is 15.4. The molecule has 3 heterocycles. The Bertz CT molecular complexity index is 562. The van der Waals surface area contributed by atoms with Gasteiger partial charge in [0.1, 0.15) is 5.82 Å². The summed E-state index contributed by atoms with van der Waals surface area (Å²) in [7, 11) is 0. The number of nitrogens with zero attached hydrogens (tertiary/aromatic N) is 3. The van der Waals surface area contributed by atoms with Crippen LogP contribution < -0.4 is 4.90 Å². The monoisotopic (exact) mass is 345 g/mol. The van der Waals surface area contributed by atoms with Crippen LogP contribution in [0.1, 0.15) is 31.4 Å². The van der Waals surface area contributed by atoms with Crippen molar-refractivity contribution in [2.75, 3.05) is 50.9 Å². The fourth-order valence-corrected chi connectivity index (χ4v) is 4.61. The molecule has 0 amide bonds. The molecule has 2 saturated heterocycles. The molecule has 0 N–H and O–H groups in total. The maximum atomic E-state index is 6.07. The standard InChI is InChI=1S/C20H31N3O2/c1-16-5-4-6-20(21-16)23-10-12-25-19-14-17(13-18(19)23)15-24-11-9-22-7-2-3-8-22/h4-6,17-19H,2-3,7-15H2,1H3/t17-,18+,19+/m0/s1. The quantitative estimate of drug-likeness (QED) is 0.741. The lowest BCUT2D eigenvalue weighted by Gasteiger charge is -2.38. The van der Waals surface area contributed by atoms with Crippen LogP contribution in [-0.4, -0.2) is 68.0 Å². The van der Waals surface area contributed by atoms with Crippen molar-refractivity contribution in [1.29, 1.82) is 0 Å². The van der Waals surface area contributed by atoms with E-state index in [1.54, 1.807) is 0 Å². The van der Waals surface area contributed by atoms with Crippen molar-refractivity contribution >= 4 is 5.82 Å². The SMILES string of the molecule is Cc1cccc(N2CCO[C@@H]3C[C@@H](COCCN4CCCC4)C[C@H]32)n1. The molecule has 0 aromatic carbocycles. The highest BCUT2D eigenvalue weighted by molar-refractivity contribution is 5.42. The average Bonchev–Trinajstić information content (AvgIpc) is 3.27. The Morgan fingerprint density at radius 3 is 2.92 bits per heavy atom. The number of ether oxygens (including phenoxy) is 2. The van der Waals surface area contributed by atoms with Crippen molar-refractivity contribution in [1.82, 2.24) is 9.88 Å². The zero-order chi connectivity index (χ0) is 17.1. The molecule has 0 spiro atoms. The fraction of sp³-hybridized carbons (Fsp3) is 0.750. The van der Waals surface area contributed by atoms with Gasteiger partial charge in [0.25, 0.3) is 0 Å². The van der Waals surface area contributed by atoms with Gasteiger partial charge in [0.2, 0.25) is 0 Å². The van der Waals surface area contributed by atoms with Gasteiger partial charge in [0.15, 0.2) is 0 Å². The lowest BCUT2D eigenvalue weighted by atomic mass is 10.1. The number of rotatable bonds is 6. The van der Waals surface area contributed by atoms with E-state index in [1.165, 1.54) is 25.9 Å². The van der Waals surface area contributed by atoms with Gasteiger partial charge in [-0.2, -0.15) is 0 Å². The van der Waals surface area contributed by atoms with Crippen molar-refractivity contribution < 1.29 is 9.47 Å². The van der Waals surface area contributed by atoms with E-state index in [2.05, 4.69) is 34.9 Å². The summed E-state index contributed by atoms with van der Waals surface area (Å²) in [6.07, 6.45) is 5.32. The smallest absolute Gasteiger partial charge is 0.129 e. The summed E-state index contributed by atoms with van der Waals surface area (Å²) in [5.41, 5.74) is 1.08. The van der Waals surface area contributed by atoms with Crippen LogP contribution in [0.25, 0.3) is 0 Å². The molecule has 0 radical (unpaired) electrons. The first-order valence-electron chi connectivity index (χ1n) is 9.91. The summed E-state index contributed by atoms with van der Waals surface area (Å²) in [5, 5.41) is 0. The van der Waals surface area contributed by atoms with E-state index < -0.39 is 0 Å². The van der Waals surface area contributed by atoms with Crippen molar-refractivity contribution in [3.8, 4) is 0 Å². The molecule has 0 bridgehead atoms. The summed E-state index contributed by atoms with van der Waals surface area (Å²) in [5.74, 6) is 1.72. The normalized spacial score (nSPS) is 30.0. The number of morpholine rings is 1. The molecule has 1 aliphatic carbocycles. The molecule has 3 atom stereocenters. The van der Waals surface area contributed by atoms with Crippen LogP contribution in [0.2, 0.25) is 0 Å². The Morgan fingerprint density at radius 1 is 1.20 bits per heavy atom. The van der Waals surface area contributed by atoms with Crippen LogP contribution in [0.3, 0.4) is 0 Å². The van der Waals surface area contributed by atoms with E-state index >= 15 is 0 Å². The Hall–Kier alpha value is -1.17. The average molecular weight is 345 g/mol. The molecule has 5 heteroatoms. The topological polar surface area (TPSA) is 37.8 Å². The van der Waals surface area contributed by atoms with Crippen molar-refractivity contribution in [3.63, 3.8) is 0 Å². The third-order valence-electron chi connectivity index (χ3n) is 5.91. The Morgan fingerprint density at radius 2 is 2.08 bits per heavy atom. The van der Waals surface area contributed by atoms with Gasteiger partial charge in [-0.15, -0.1) is 0 Å². The summed E-state index contributed by atoms with van der Waals surface area (Å²) in [6.45, 7) is 9.16. The molecule has 4 rings (SSSR count). The van der Waals surface area contributed by atoms with Crippen LogP contribution in [0.4, 0.5) is 5.82 Å². The maximum Gasteiger partial charge on any atom is 0.129 e. The van der Waals surface area contributed by atoms with Crippen LogP contribution in [-0.2, 0) is 9.47 Å². The minimum Gasteiger partial charge on any atom is -0.380 e. The molecule has 3 aliphatic rings. The van der Waals surface area contributed by atoms with Crippen LogP contribution in [0.5, 0.6) is 0 Å². The maximum absolute atomic E-state index is 6.07. The minimum absolute atomic E-state index is 0.336. The van der Waals surface area contributed by atoms with Crippen molar-refractivity contribution in [2.24, 2.45) is 5.92 Å². The van der Waals surface area contributed by atoms with Crippen molar-refractivity contribution in [2.45, 2.75) is 44.8 Å². The van der Waals surface area contributed by atoms with Crippen molar-refractivity contribution in [3.05, 3.63) is 23.9 Å². The minimum atomic E-state index is 0.336. The second-order valence-corrected chi connectivity index (χ2v) is 7.77. The second kappa shape index (κ2) is 8.02. The predicted molar refractivity (Wildman–Crippen MR) is 99.1 cm³/mol. The first kappa shape index (κ1) is 17.3. The number of pyridine rings is 1. The highest BCUT2D eigenvalue weighted by Gasteiger charge is 2.41. The van der Waals surface area contributed by atoms with E-state index in [9.17, 15) is 0 Å². The Balaban J connectivity index is 1.28. The zero-order valence-electron chi connectivity index (χ0n) is 15.4. The van der Waals surface area contributed by atoms with Gasteiger partial charge in [-0.3, -0.25) is 0 Å². The molecule has 2 aliphatic heterocycles. The number of hydrogen-bond acceptors (Lipinski definition) is 5. The van der Waals surface area contributed by atoms with Gasteiger partial charge >= 0.3 is 0 Å². The number of aromatic nitrogens is 1. The number of likely N-dealkylation sites (tertiary alicyclic amines) is 1. The lowest BCUT2D eigenvalue weighted by Crippen LogP contribution is -2.49. The van der Waals surface area contributed by atoms with Gasteiger partial charge in [0, 0.05) is 25.4 Å². The molecule has 1 aromatic rings. The molecule has 138 valence electrons. The predicted octanol–water partition coefficient (Wildman–Crippen LogP) is 2.49. The number of hydrogen-bond donors (Lipinski definition) is 0. The summed E-state index contributed by atoms with van der Waals surface area (Å²) >= 11 is 0. The Kier molecular flexibility index (Phi) is 5.54. The molecule has 5 nitrogen and oxygen atoms in total. The highest BCUT2D eigenvalue weighted by atomic mass is 16.5. The van der Waals surface area contributed by atoms with Gasteiger partial charge in [-0.25, -0.2) is 4.98 Å². The van der Waals surface area contributed by atoms with Crippen LogP contribution in [0, 0.1) is 12.8 Å². The molecular formula is C20H31N3O2. The number of fused-ring (bicyclic) bond motifs is 1. The molecule has 3 fully saturated rings. The Labute approximate surface area is 151 Å². The van der Waals surface area contributed by atoms with Gasteiger partial charge in [0.05, 0.1) is 25.4 Å². The van der Waals surface area contributed by atoms with E-state index in [-0.39, 0.29) is 0 Å². The van der Waals surface area contributed by atoms with Crippen LogP contribution >= 0.6 is 0 Å². The summed E-state index contributed by atoms with van der Waals surface area (Å²) < 4.78 is 12.1. The number of aryl methyl sites for hydroxylation is 1. The second-order valence-electron chi connectivity index (χ2n) is 7.77. The summed E-state index contributed by atoms with van der Waals surface area (Å²) in [4.78, 5) is 9.72. The summed E-state index contributed by atoms with van der Waals surface area (Å²) in [6, 6.07) is 6.76. The van der Waals surface area contributed by atoms with E-state index in [0.717, 1.165) is 57.3 Å². The highest BCUT2D eigenvalue weighted by Crippen LogP contribution is 2.36. The molecule has 1 saturated carbocycles. The largest absolute Gasteiger partial charge is 0.380 e. The van der Waals surface area contributed by atoms with E-state index in [4.69, 9.17) is 14.5 Å². The third-order valence-corrected chi connectivity index (χ3v) is 5.91. The number of anilines is 1. The molecule has 1 aromatic heterocycles. The third kappa shape index (κ3) is 4.15. The van der Waals surface area contributed by atoms with Crippen LogP contribution in [0.15, 0.2) is 18.2 Å². The van der Waals surface area contributed by atoms with Gasteiger partial charge < -0.3 is 19.3 Å². The fourth-order valence-electron chi connectivity index (χ4n) is 4.61. The molecular weight excluding hydrogens is 314 g/mol. The first-order valence-corrected chi connectivity index (χ1v) is 9.91.